The van der Waals surface area contributed by atoms with E-state index in [-0.39, 0.29) is 37.0 Å². The molecule has 1 saturated heterocycles. The van der Waals surface area contributed by atoms with Gasteiger partial charge in [-0.25, -0.2) is 0 Å². The number of amides is 3. The Morgan fingerprint density at radius 2 is 1.78 bits per heavy atom. The summed E-state index contributed by atoms with van der Waals surface area (Å²) < 4.78 is 26.4. The fraction of sp³-hybridized carbons (Fsp3) is 0.333. The number of benzene rings is 2. The van der Waals surface area contributed by atoms with E-state index in [1.54, 1.807) is 41.7 Å². The van der Waals surface area contributed by atoms with Gasteiger partial charge in [0.05, 0.1) is 23.8 Å². The Labute approximate surface area is 221 Å². The van der Waals surface area contributed by atoms with Crippen LogP contribution in [0, 0.1) is 6.42 Å². The van der Waals surface area contributed by atoms with Gasteiger partial charge in [0.2, 0.25) is 11.8 Å². The fourth-order valence-corrected chi connectivity index (χ4v) is 4.69. The minimum Gasteiger partial charge on any atom is -0.363 e. The highest BCUT2D eigenvalue weighted by Gasteiger charge is 2.33. The number of carbonyl (C=O) groups is 3. The van der Waals surface area contributed by atoms with E-state index in [0.29, 0.717) is 36.8 Å². The molecule has 0 aliphatic carbocycles. The van der Waals surface area contributed by atoms with Crippen LogP contribution in [0.3, 0.4) is 0 Å². The summed E-state index contributed by atoms with van der Waals surface area (Å²) in [7, 11) is -4.43. The summed E-state index contributed by atoms with van der Waals surface area (Å²) in [4.78, 5) is 40.4. The number of nitrogens with one attached hydrogen (secondary N) is 2. The van der Waals surface area contributed by atoms with Crippen LogP contribution >= 0.6 is 11.6 Å². The van der Waals surface area contributed by atoms with Crippen molar-refractivity contribution < 1.29 is 22.8 Å². The van der Waals surface area contributed by atoms with Crippen molar-refractivity contribution in [2.24, 2.45) is 11.5 Å². The highest BCUT2D eigenvalue weighted by Crippen LogP contribution is 2.31. The lowest BCUT2D eigenvalue weighted by Crippen LogP contribution is -2.56. The number of anilines is 2. The molecule has 0 saturated carbocycles. The van der Waals surface area contributed by atoms with Gasteiger partial charge < -0.3 is 26.6 Å². The van der Waals surface area contributed by atoms with Crippen molar-refractivity contribution in [1.82, 2.24) is 10.2 Å². The van der Waals surface area contributed by atoms with Gasteiger partial charge in [-0.15, -0.1) is 0 Å². The Morgan fingerprint density at radius 3 is 2.46 bits per heavy atom. The molecule has 1 aliphatic heterocycles. The first-order chi connectivity index (χ1) is 17.6. The predicted molar refractivity (Wildman–Crippen MR) is 142 cm³/mol. The average molecular weight is 550 g/mol. The van der Waals surface area contributed by atoms with Crippen LogP contribution < -0.4 is 26.4 Å². The van der Waals surface area contributed by atoms with Gasteiger partial charge in [-0.3, -0.25) is 19.1 Å². The Kier molecular flexibility index (Phi) is 9.73. The average Bonchev–Trinajstić information content (AvgIpc) is 2.87. The molecule has 2 aromatic carbocycles. The lowest BCUT2D eigenvalue weighted by molar-refractivity contribution is -0.129. The third-order valence-corrected chi connectivity index (χ3v) is 7.10. The molecule has 3 amide bonds. The number of carbonyl (C=O) groups excluding carboxylic acids is 3. The molecule has 1 heterocycles. The monoisotopic (exact) mass is 549 g/mol. The Bertz CT molecular complexity index is 1220. The summed E-state index contributed by atoms with van der Waals surface area (Å²) in [5.74, 6) is -0.431. The standard InChI is InChI=1S/C24H30ClN6O5S/c25-18-8-5-17(6-9-18)7-10-23(33)30-13-14-31(19(16-30)15-22(32)28-12-11-26)21-4-2-1-3-20(21)29-37(35,36)24(27)34/h1-6,8-10,19,29H,7,11-16,26H2,(H2,27,34)(H,28,32). The number of nitrogens with zero attached hydrogens (tertiary/aromatic N) is 2. The SMILES string of the molecule is NCCNC(=O)CC1CN(C(=O)[CH]Cc2ccc(Cl)cc2)CCN1c1ccccc1NS(=O)(=O)C(N)=O. The van der Waals surface area contributed by atoms with Crippen LogP contribution in [0.2, 0.25) is 5.02 Å². The second-order valence-corrected chi connectivity index (χ2v) is 10.5. The van der Waals surface area contributed by atoms with Gasteiger partial charge in [-0.2, -0.15) is 8.42 Å². The number of para-hydroxylation sites is 2. The first-order valence-corrected chi connectivity index (χ1v) is 13.5. The van der Waals surface area contributed by atoms with Crippen LogP contribution in [-0.2, 0) is 26.0 Å². The van der Waals surface area contributed by atoms with E-state index in [2.05, 4.69) is 10.0 Å². The maximum absolute atomic E-state index is 13.0. The largest absolute Gasteiger partial charge is 0.363 e. The normalized spacial score (nSPS) is 15.8. The highest BCUT2D eigenvalue weighted by atomic mass is 35.5. The van der Waals surface area contributed by atoms with Gasteiger partial charge in [-0.1, -0.05) is 35.9 Å². The van der Waals surface area contributed by atoms with Gasteiger partial charge >= 0.3 is 15.3 Å². The molecule has 1 radical (unpaired) electrons. The zero-order valence-corrected chi connectivity index (χ0v) is 21.7. The van der Waals surface area contributed by atoms with Crippen LogP contribution in [-0.4, -0.2) is 69.1 Å². The van der Waals surface area contributed by atoms with E-state index >= 15 is 0 Å². The lowest BCUT2D eigenvalue weighted by Gasteiger charge is -2.43. The molecule has 1 unspecified atom stereocenters. The molecule has 6 N–H and O–H groups in total. The molecule has 3 rings (SSSR count). The van der Waals surface area contributed by atoms with E-state index in [4.69, 9.17) is 23.1 Å². The van der Waals surface area contributed by atoms with Crippen LogP contribution in [0.4, 0.5) is 16.2 Å². The van der Waals surface area contributed by atoms with Crippen molar-refractivity contribution >= 4 is 50.1 Å². The first kappa shape index (κ1) is 28.2. The third-order valence-electron chi connectivity index (χ3n) is 5.83. The number of hydrogen-bond donors (Lipinski definition) is 4. The second-order valence-electron chi connectivity index (χ2n) is 8.45. The molecule has 37 heavy (non-hydrogen) atoms. The number of halogens is 1. The zero-order valence-electron chi connectivity index (χ0n) is 20.1. The van der Waals surface area contributed by atoms with Crippen molar-refractivity contribution in [3.8, 4) is 0 Å². The smallest absolute Gasteiger partial charge is 0.354 e. The van der Waals surface area contributed by atoms with Gasteiger partial charge in [0.25, 0.3) is 0 Å². The number of rotatable bonds is 10. The van der Waals surface area contributed by atoms with Gasteiger partial charge in [0.1, 0.15) is 0 Å². The molecule has 0 aromatic heterocycles. The summed E-state index contributed by atoms with van der Waals surface area (Å²) in [6.07, 6.45) is 2.05. The minimum atomic E-state index is -4.43. The van der Waals surface area contributed by atoms with Crippen LogP contribution in [0.1, 0.15) is 12.0 Å². The Hall–Kier alpha value is -3.35. The molecule has 199 valence electrons. The van der Waals surface area contributed by atoms with Crippen molar-refractivity contribution in [3.05, 3.63) is 65.5 Å². The van der Waals surface area contributed by atoms with E-state index in [0.717, 1.165) is 5.56 Å². The number of sulfonamides is 1. The van der Waals surface area contributed by atoms with E-state index in [1.807, 2.05) is 17.0 Å². The molecule has 1 atom stereocenters. The molecule has 0 spiro atoms. The van der Waals surface area contributed by atoms with Gasteiger partial charge in [0, 0.05) is 44.2 Å². The van der Waals surface area contributed by atoms with E-state index in [1.165, 1.54) is 6.07 Å². The van der Waals surface area contributed by atoms with Crippen molar-refractivity contribution in [2.45, 2.75) is 18.9 Å². The van der Waals surface area contributed by atoms with Crippen molar-refractivity contribution in [1.29, 1.82) is 0 Å². The van der Waals surface area contributed by atoms with Crippen LogP contribution in [0.15, 0.2) is 48.5 Å². The Morgan fingerprint density at radius 1 is 1.08 bits per heavy atom. The quantitative estimate of drug-likeness (QED) is 0.344. The summed E-state index contributed by atoms with van der Waals surface area (Å²) >= 11 is 5.92. The van der Waals surface area contributed by atoms with E-state index in [9.17, 15) is 22.8 Å². The predicted octanol–water partition coefficient (Wildman–Crippen LogP) is 1.09. The van der Waals surface area contributed by atoms with Gasteiger partial charge in [0.15, 0.2) is 0 Å². The molecule has 2 aromatic rings. The third kappa shape index (κ3) is 7.81. The topological polar surface area (TPSA) is 168 Å². The summed E-state index contributed by atoms with van der Waals surface area (Å²) in [6, 6.07) is 13.2. The maximum Gasteiger partial charge on any atom is 0.354 e. The van der Waals surface area contributed by atoms with Crippen molar-refractivity contribution in [3.63, 3.8) is 0 Å². The fourth-order valence-electron chi connectivity index (χ4n) is 4.01. The molecule has 13 heteroatoms. The number of nitrogens with two attached hydrogens (primary N) is 2. The zero-order chi connectivity index (χ0) is 27.0. The molecule has 11 nitrogen and oxygen atoms in total. The molecular weight excluding hydrogens is 520 g/mol. The molecule has 1 fully saturated rings. The van der Waals surface area contributed by atoms with Crippen LogP contribution in [0.5, 0.6) is 0 Å². The Balaban J connectivity index is 1.79. The first-order valence-electron chi connectivity index (χ1n) is 11.6. The molecule has 1 aliphatic rings. The summed E-state index contributed by atoms with van der Waals surface area (Å²) in [5, 5.41) is 1.83. The summed E-state index contributed by atoms with van der Waals surface area (Å²) in [6.45, 7) is 1.47. The molecular formula is C24H30ClN6O5S. The summed E-state index contributed by atoms with van der Waals surface area (Å²) in [5.41, 5.74) is 12.0. The van der Waals surface area contributed by atoms with Crippen molar-refractivity contribution in [2.75, 3.05) is 42.3 Å². The number of primary amides is 1. The second kappa shape index (κ2) is 12.7. The van der Waals surface area contributed by atoms with Gasteiger partial charge in [-0.05, 0) is 36.2 Å². The van der Waals surface area contributed by atoms with Crippen LogP contribution in [0.25, 0.3) is 0 Å². The van der Waals surface area contributed by atoms with E-state index < -0.39 is 21.3 Å². The molecule has 0 bridgehead atoms. The number of hydrogen-bond acceptors (Lipinski definition) is 7. The highest BCUT2D eigenvalue weighted by molar-refractivity contribution is 8.07. The lowest BCUT2D eigenvalue weighted by atomic mass is 10.0. The number of piperazine rings is 1. The maximum atomic E-state index is 13.0. The minimum absolute atomic E-state index is 0.0396.